The second kappa shape index (κ2) is 10.1. The molecule has 0 fully saturated rings. The van der Waals surface area contributed by atoms with Crippen LogP contribution in [0.2, 0.25) is 0 Å². The van der Waals surface area contributed by atoms with Crippen LogP contribution in [0.15, 0.2) is 69.4 Å². The number of carbonyl (C=O) groups is 1. The smallest absolute Gasteiger partial charge is 0.251 e. The first kappa shape index (κ1) is 22.9. The lowest BCUT2D eigenvalue weighted by molar-refractivity contribution is 0.0954. The first-order chi connectivity index (χ1) is 16.0. The molecule has 0 saturated heterocycles. The molecule has 3 aromatic carbocycles. The molecule has 1 heterocycles. The highest BCUT2D eigenvalue weighted by Crippen LogP contribution is 2.41. The summed E-state index contributed by atoms with van der Waals surface area (Å²) in [7, 11) is 3.23. The maximum Gasteiger partial charge on any atom is 0.251 e. The van der Waals surface area contributed by atoms with Gasteiger partial charge in [-0.3, -0.25) is 9.79 Å². The third-order valence-electron chi connectivity index (χ3n) is 5.62. The maximum atomic E-state index is 12.8. The minimum absolute atomic E-state index is 0.103. The molecule has 0 bridgehead atoms. The van der Waals surface area contributed by atoms with E-state index in [1.54, 1.807) is 26.0 Å². The SMILES string of the molecule is CCC1=Nc2cc(C(=O)NCCc3ccc(OC)c(OC)c3)ccc2Sc2ccc(C)cc21. The average Bonchev–Trinajstić information content (AvgIpc) is 2.99. The van der Waals surface area contributed by atoms with Crippen LogP contribution in [-0.4, -0.2) is 32.4 Å². The highest BCUT2D eigenvalue weighted by molar-refractivity contribution is 7.99. The molecule has 4 rings (SSSR count). The summed E-state index contributed by atoms with van der Waals surface area (Å²) in [5.41, 5.74) is 5.97. The van der Waals surface area contributed by atoms with E-state index in [4.69, 9.17) is 14.5 Å². The zero-order chi connectivity index (χ0) is 23.4. The van der Waals surface area contributed by atoms with Gasteiger partial charge in [0.1, 0.15) is 0 Å². The summed E-state index contributed by atoms with van der Waals surface area (Å²) in [5, 5.41) is 3.02. The van der Waals surface area contributed by atoms with Crippen LogP contribution in [0.5, 0.6) is 11.5 Å². The van der Waals surface area contributed by atoms with Gasteiger partial charge in [0.2, 0.25) is 0 Å². The van der Waals surface area contributed by atoms with Crippen molar-refractivity contribution in [1.29, 1.82) is 0 Å². The van der Waals surface area contributed by atoms with Gasteiger partial charge in [-0.05, 0) is 67.8 Å². The van der Waals surface area contributed by atoms with Gasteiger partial charge in [-0.2, -0.15) is 0 Å². The molecule has 0 spiro atoms. The second-order valence-corrected chi connectivity index (χ2v) is 8.98. The summed E-state index contributed by atoms with van der Waals surface area (Å²) in [6.07, 6.45) is 1.53. The average molecular weight is 461 g/mol. The lowest BCUT2D eigenvalue weighted by Crippen LogP contribution is -2.25. The summed E-state index contributed by atoms with van der Waals surface area (Å²) in [6.45, 7) is 4.74. The zero-order valence-corrected chi connectivity index (χ0v) is 20.2. The van der Waals surface area contributed by atoms with Crippen LogP contribution < -0.4 is 14.8 Å². The van der Waals surface area contributed by atoms with Crippen LogP contribution in [-0.2, 0) is 6.42 Å². The fourth-order valence-electron chi connectivity index (χ4n) is 3.84. The minimum atomic E-state index is -0.103. The van der Waals surface area contributed by atoms with Gasteiger partial charge in [0.15, 0.2) is 11.5 Å². The highest BCUT2D eigenvalue weighted by atomic mass is 32.2. The van der Waals surface area contributed by atoms with Crippen molar-refractivity contribution in [2.45, 2.75) is 36.5 Å². The molecule has 0 saturated carbocycles. The fraction of sp³-hybridized carbons (Fsp3) is 0.259. The van der Waals surface area contributed by atoms with Gasteiger partial charge in [0.05, 0.1) is 19.9 Å². The first-order valence-corrected chi connectivity index (χ1v) is 11.8. The Morgan fingerprint density at radius 3 is 2.52 bits per heavy atom. The van der Waals surface area contributed by atoms with E-state index in [-0.39, 0.29) is 5.91 Å². The quantitative estimate of drug-likeness (QED) is 0.471. The fourth-order valence-corrected chi connectivity index (χ4v) is 4.85. The molecular weight excluding hydrogens is 432 g/mol. The van der Waals surface area contributed by atoms with Crippen LogP contribution in [0, 0.1) is 6.92 Å². The van der Waals surface area contributed by atoms with Gasteiger partial charge in [0, 0.05) is 33.2 Å². The Bertz CT molecular complexity index is 1220. The van der Waals surface area contributed by atoms with E-state index in [0.29, 0.717) is 30.0 Å². The van der Waals surface area contributed by atoms with Crippen molar-refractivity contribution < 1.29 is 14.3 Å². The van der Waals surface area contributed by atoms with Crippen molar-refractivity contribution in [2.24, 2.45) is 4.99 Å². The standard InChI is InChI=1S/C27H28N2O3S/c1-5-21-20-14-17(2)6-10-25(20)33-26-11-8-19(16-22(26)29-21)27(30)28-13-12-18-7-9-23(31-3)24(15-18)32-4/h6-11,14-16H,5,12-13H2,1-4H3,(H,28,30). The number of amides is 1. The molecular formula is C27H28N2O3S. The first-order valence-electron chi connectivity index (χ1n) is 11.0. The van der Waals surface area contributed by atoms with Crippen molar-refractivity contribution in [3.05, 3.63) is 76.9 Å². The van der Waals surface area contributed by atoms with E-state index >= 15 is 0 Å². The number of nitrogens with zero attached hydrogens (tertiary/aromatic N) is 1. The monoisotopic (exact) mass is 460 g/mol. The Balaban J connectivity index is 1.48. The molecule has 1 amide bonds. The molecule has 170 valence electrons. The van der Waals surface area contributed by atoms with Crippen molar-refractivity contribution >= 4 is 29.1 Å². The molecule has 1 N–H and O–H groups in total. The van der Waals surface area contributed by atoms with Gasteiger partial charge in [0.25, 0.3) is 5.91 Å². The summed E-state index contributed by atoms with van der Waals surface area (Å²) in [5.74, 6) is 1.27. The molecule has 33 heavy (non-hydrogen) atoms. The summed E-state index contributed by atoms with van der Waals surface area (Å²) >= 11 is 1.70. The van der Waals surface area contributed by atoms with E-state index in [1.165, 1.54) is 16.0 Å². The highest BCUT2D eigenvalue weighted by Gasteiger charge is 2.18. The van der Waals surface area contributed by atoms with Crippen molar-refractivity contribution in [2.75, 3.05) is 20.8 Å². The molecule has 0 radical (unpaired) electrons. The summed E-state index contributed by atoms with van der Waals surface area (Å²) < 4.78 is 10.6. The van der Waals surface area contributed by atoms with Gasteiger partial charge in [-0.15, -0.1) is 0 Å². The molecule has 6 heteroatoms. The maximum absolute atomic E-state index is 12.8. The number of aliphatic imine (C=N–C) groups is 1. The lowest BCUT2D eigenvalue weighted by Gasteiger charge is -2.11. The van der Waals surface area contributed by atoms with Gasteiger partial charge < -0.3 is 14.8 Å². The van der Waals surface area contributed by atoms with Gasteiger partial charge in [-0.1, -0.05) is 36.4 Å². The second-order valence-electron chi connectivity index (χ2n) is 7.89. The molecule has 0 aliphatic carbocycles. The Morgan fingerprint density at radius 2 is 1.76 bits per heavy atom. The molecule has 1 aliphatic heterocycles. The molecule has 1 aliphatic rings. The van der Waals surface area contributed by atoms with Crippen LogP contribution >= 0.6 is 11.8 Å². The van der Waals surface area contributed by atoms with E-state index in [1.807, 2.05) is 36.4 Å². The Hall–Kier alpha value is -3.25. The number of ether oxygens (including phenoxy) is 2. The topological polar surface area (TPSA) is 59.9 Å². The number of fused-ring (bicyclic) bond motifs is 2. The van der Waals surface area contributed by atoms with Crippen molar-refractivity contribution in [3.8, 4) is 11.5 Å². The predicted molar refractivity (Wildman–Crippen MR) is 134 cm³/mol. The largest absolute Gasteiger partial charge is 0.493 e. The van der Waals surface area contributed by atoms with Crippen LogP contribution in [0.1, 0.15) is 40.4 Å². The number of methoxy groups -OCH3 is 2. The third-order valence-corrected chi connectivity index (χ3v) is 6.77. The zero-order valence-electron chi connectivity index (χ0n) is 19.4. The van der Waals surface area contributed by atoms with Crippen LogP contribution in [0.25, 0.3) is 0 Å². The lowest BCUT2D eigenvalue weighted by atomic mass is 10.0. The number of rotatable bonds is 7. The minimum Gasteiger partial charge on any atom is -0.493 e. The number of carbonyl (C=O) groups excluding carboxylic acids is 1. The van der Waals surface area contributed by atoms with Gasteiger partial charge in [-0.25, -0.2) is 0 Å². The molecule has 0 atom stereocenters. The number of hydrogen-bond donors (Lipinski definition) is 1. The molecule has 3 aromatic rings. The van der Waals surface area contributed by atoms with E-state index < -0.39 is 0 Å². The van der Waals surface area contributed by atoms with Crippen molar-refractivity contribution in [1.82, 2.24) is 5.32 Å². The van der Waals surface area contributed by atoms with Crippen molar-refractivity contribution in [3.63, 3.8) is 0 Å². The number of aryl methyl sites for hydroxylation is 1. The Morgan fingerprint density at radius 1 is 0.970 bits per heavy atom. The van der Waals surface area contributed by atoms with E-state index in [0.717, 1.165) is 28.3 Å². The Kier molecular flexibility index (Phi) is 7.04. The number of nitrogens with one attached hydrogen (secondary N) is 1. The Labute approximate surface area is 199 Å². The van der Waals surface area contributed by atoms with E-state index in [9.17, 15) is 4.79 Å². The molecule has 5 nitrogen and oxygen atoms in total. The van der Waals surface area contributed by atoms with Crippen LogP contribution in [0.3, 0.4) is 0 Å². The van der Waals surface area contributed by atoms with Crippen LogP contribution in [0.4, 0.5) is 5.69 Å². The van der Waals surface area contributed by atoms with Gasteiger partial charge >= 0.3 is 0 Å². The number of benzene rings is 3. The normalized spacial score (nSPS) is 12.2. The third kappa shape index (κ3) is 5.06. The summed E-state index contributed by atoms with van der Waals surface area (Å²) in [6, 6.07) is 18.0. The molecule has 0 unspecified atom stereocenters. The summed E-state index contributed by atoms with van der Waals surface area (Å²) in [4.78, 5) is 20.0. The predicted octanol–water partition coefficient (Wildman–Crippen LogP) is 5.98. The van der Waals surface area contributed by atoms with E-state index in [2.05, 4.69) is 37.4 Å². The molecule has 0 aromatic heterocycles. The number of hydrogen-bond acceptors (Lipinski definition) is 5.